The molecule has 1 fully saturated rings. The third-order valence-electron chi connectivity index (χ3n) is 4.15. The number of hydrogen-bond donors (Lipinski definition) is 0. The highest BCUT2D eigenvalue weighted by atomic mass is 32.2. The van der Waals surface area contributed by atoms with E-state index in [1.54, 1.807) is 0 Å². The molecular weight excluding hydrogens is 368 g/mol. The van der Waals surface area contributed by atoms with E-state index in [1.807, 2.05) is 58.5 Å². The van der Waals surface area contributed by atoms with Gasteiger partial charge in [0.1, 0.15) is 5.75 Å². The number of amides is 2. The molecule has 0 atom stereocenters. The van der Waals surface area contributed by atoms with Crippen LogP contribution in [0.5, 0.6) is 5.75 Å². The predicted molar refractivity (Wildman–Crippen MR) is 105 cm³/mol. The third kappa shape index (κ3) is 4.80. The smallest absolute Gasteiger partial charge is 0.264 e. The number of carbonyl (C=O) groups excluding carboxylic acids is 2. The zero-order chi connectivity index (χ0) is 18.4. The summed E-state index contributed by atoms with van der Waals surface area (Å²) in [5.41, 5.74) is 0. The van der Waals surface area contributed by atoms with Gasteiger partial charge in [0.05, 0.1) is 17.2 Å². The Morgan fingerprint density at radius 1 is 1.08 bits per heavy atom. The first kappa shape index (κ1) is 18.8. The van der Waals surface area contributed by atoms with Crippen LogP contribution in [0.1, 0.15) is 16.6 Å². The number of piperazine rings is 1. The van der Waals surface area contributed by atoms with Crippen LogP contribution < -0.4 is 4.74 Å². The quantitative estimate of drug-likeness (QED) is 0.711. The largest absolute Gasteiger partial charge is 0.494 e. The van der Waals surface area contributed by atoms with E-state index in [9.17, 15) is 9.59 Å². The minimum atomic E-state index is 0.0656. The Hall–Kier alpha value is -1.99. The number of thiophene rings is 1. The van der Waals surface area contributed by atoms with Gasteiger partial charge in [-0.15, -0.1) is 23.1 Å². The number of carbonyl (C=O) groups is 2. The highest BCUT2D eigenvalue weighted by molar-refractivity contribution is 8.00. The molecule has 1 aliphatic rings. The summed E-state index contributed by atoms with van der Waals surface area (Å²) < 4.78 is 5.42. The van der Waals surface area contributed by atoms with Gasteiger partial charge in [-0.2, -0.15) is 0 Å². The molecule has 0 aliphatic carbocycles. The Morgan fingerprint density at radius 2 is 1.77 bits per heavy atom. The molecule has 1 aromatic carbocycles. The summed E-state index contributed by atoms with van der Waals surface area (Å²) in [7, 11) is 0. The van der Waals surface area contributed by atoms with Gasteiger partial charge < -0.3 is 14.5 Å². The first-order chi connectivity index (χ1) is 12.7. The van der Waals surface area contributed by atoms with E-state index in [-0.39, 0.29) is 11.8 Å². The number of hydrogen-bond acceptors (Lipinski definition) is 5. The van der Waals surface area contributed by atoms with Crippen molar-refractivity contribution < 1.29 is 14.3 Å². The van der Waals surface area contributed by atoms with Gasteiger partial charge >= 0.3 is 0 Å². The Bertz CT molecular complexity index is 724. The molecule has 1 aliphatic heterocycles. The molecule has 0 saturated carbocycles. The van der Waals surface area contributed by atoms with Crippen LogP contribution in [0.25, 0.3) is 0 Å². The van der Waals surface area contributed by atoms with E-state index in [1.165, 1.54) is 23.1 Å². The lowest BCUT2D eigenvalue weighted by Gasteiger charge is -2.34. The normalized spacial score (nSPS) is 14.3. The van der Waals surface area contributed by atoms with Gasteiger partial charge in [-0.25, -0.2) is 0 Å². The molecule has 26 heavy (non-hydrogen) atoms. The summed E-state index contributed by atoms with van der Waals surface area (Å²) in [4.78, 5) is 30.3. The average Bonchev–Trinajstić information content (AvgIpc) is 3.22. The fourth-order valence-corrected chi connectivity index (χ4v) is 4.24. The highest BCUT2D eigenvalue weighted by Crippen LogP contribution is 2.22. The van der Waals surface area contributed by atoms with Crippen molar-refractivity contribution in [3.05, 3.63) is 46.7 Å². The maximum Gasteiger partial charge on any atom is 0.264 e. The van der Waals surface area contributed by atoms with Gasteiger partial charge in [-0.3, -0.25) is 9.59 Å². The maximum atomic E-state index is 12.4. The van der Waals surface area contributed by atoms with Gasteiger partial charge in [-0.05, 0) is 42.6 Å². The molecule has 1 saturated heterocycles. The fourth-order valence-electron chi connectivity index (χ4n) is 2.75. The number of ether oxygens (including phenoxy) is 1. The Labute approximate surface area is 161 Å². The fraction of sp³-hybridized carbons (Fsp3) is 0.368. The second kappa shape index (κ2) is 9.09. The van der Waals surface area contributed by atoms with Crippen LogP contribution in [0.4, 0.5) is 0 Å². The third-order valence-corrected chi connectivity index (χ3v) is 6.00. The summed E-state index contributed by atoms with van der Waals surface area (Å²) in [6.45, 7) is 4.98. The van der Waals surface area contributed by atoms with Gasteiger partial charge in [0.2, 0.25) is 5.91 Å². The molecule has 0 unspecified atom stereocenters. The van der Waals surface area contributed by atoms with Crippen molar-refractivity contribution in [2.45, 2.75) is 11.8 Å². The molecule has 2 heterocycles. The second-order valence-corrected chi connectivity index (χ2v) is 7.84. The second-order valence-electron chi connectivity index (χ2n) is 5.84. The monoisotopic (exact) mass is 390 g/mol. The molecule has 1 aromatic heterocycles. The lowest BCUT2D eigenvalue weighted by molar-refractivity contribution is -0.129. The Morgan fingerprint density at radius 3 is 2.38 bits per heavy atom. The first-order valence-corrected chi connectivity index (χ1v) is 10.5. The van der Waals surface area contributed by atoms with Crippen molar-refractivity contribution in [2.24, 2.45) is 0 Å². The molecule has 7 heteroatoms. The van der Waals surface area contributed by atoms with E-state index in [0.29, 0.717) is 38.5 Å². The topological polar surface area (TPSA) is 49.9 Å². The van der Waals surface area contributed by atoms with E-state index in [4.69, 9.17) is 4.74 Å². The van der Waals surface area contributed by atoms with Crippen LogP contribution in [-0.2, 0) is 4.79 Å². The average molecular weight is 391 g/mol. The molecular formula is C19H22N2O3S2. The van der Waals surface area contributed by atoms with E-state index in [0.717, 1.165) is 15.5 Å². The summed E-state index contributed by atoms with van der Waals surface area (Å²) in [6, 6.07) is 11.5. The first-order valence-electron chi connectivity index (χ1n) is 8.63. The van der Waals surface area contributed by atoms with Gasteiger partial charge in [0.15, 0.2) is 0 Å². The van der Waals surface area contributed by atoms with E-state index in [2.05, 4.69) is 0 Å². The van der Waals surface area contributed by atoms with Gasteiger partial charge in [0.25, 0.3) is 5.91 Å². The summed E-state index contributed by atoms with van der Waals surface area (Å²) in [5, 5.41) is 1.91. The molecule has 5 nitrogen and oxygen atoms in total. The molecule has 2 aromatic rings. The van der Waals surface area contributed by atoms with Crippen LogP contribution >= 0.6 is 23.1 Å². The molecule has 138 valence electrons. The number of thioether (sulfide) groups is 1. The van der Waals surface area contributed by atoms with Gasteiger partial charge in [-0.1, -0.05) is 6.07 Å². The minimum absolute atomic E-state index is 0.0656. The lowest BCUT2D eigenvalue weighted by atomic mass is 10.3. The molecule has 0 radical (unpaired) electrons. The SMILES string of the molecule is CCOc1ccc(SCC(=O)N2CCN(C(=O)c3cccs3)CC2)cc1. The Kier molecular flexibility index (Phi) is 6.57. The maximum absolute atomic E-state index is 12.4. The molecule has 2 amide bonds. The zero-order valence-electron chi connectivity index (χ0n) is 14.7. The lowest BCUT2D eigenvalue weighted by Crippen LogP contribution is -2.50. The van der Waals surface area contributed by atoms with Crippen molar-refractivity contribution in [2.75, 3.05) is 38.5 Å². The van der Waals surface area contributed by atoms with Crippen molar-refractivity contribution in [1.29, 1.82) is 0 Å². The van der Waals surface area contributed by atoms with Crippen LogP contribution in [0, 0.1) is 0 Å². The Balaban J connectivity index is 1.44. The van der Waals surface area contributed by atoms with Crippen molar-refractivity contribution in [3.8, 4) is 5.75 Å². The molecule has 0 spiro atoms. The summed E-state index contributed by atoms with van der Waals surface area (Å²) in [5.74, 6) is 1.44. The van der Waals surface area contributed by atoms with Crippen molar-refractivity contribution >= 4 is 34.9 Å². The van der Waals surface area contributed by atoms with Crippen molar-refractivity contribution in [1.82, 2.24) is 9.80 Å². The standard InChI is InChI=1S/C19H22N2O3S2/c1-2-24-15-5-7-16(8-6-15)26-14-18(22)20-9-11-21(12-10-20)19(23)17-4-3-13-25-17/h3-8,13H,2,9-12,14H2,1H3. The summed E-state index contributed by atoms with van der Waals surface area (Å²) >= 11 is 2.99. The number of benzene rings is 1. The minimum Gasteiger partial charge on any atom is -0.494 e. The van der Waals surface area contributed by atoms with E-state index < -0.39 is 0 Å². The number of nitrogens with zero attached hydrogens (tertiary/aromatic N) is 2. The van der Waals surface area contributed by atoms with Crippen LogP contribution in [0.2, 0.25) is 0 Å². The van der Waals surface area contributed by atoms with Crippen LogP contribution in [0.15, 0.2) is 46.7 Å². The van der Waals surface area contributed by atoms with Crippen LogP contribution in [-0.4, -0.2) is 60.2 Å². The van der Waals surface area contributed by atoms with Crippen LogP contribution in [0.3, 0.4) is 0 Å². The molecule has 0 N–H and O–H groups in total. The highest BCUT2D eigenvalue weighted by Gasteiger charge is 2.25. The number of rotatable bonds is 6. The summed E-state index contributed by atoms with van der Waals surface area (Å²) in [6.07, 6.45) is 0. The van der Waals surface area contributed by atoms with Gasteiger partial charge in [0, 0.05) is 31.1 Å². The van der Waals surface area contributed by atoms with Crippen molar-refractivity contribution in [3.63, 3.8) is 0 Å². The molecule has 0 bridgehead atoms. The molecule has 3 rings (SSSR count). The van der Waals surface area contributed by atoms with E-state index >= 15 is 0 Å². The zero-order valence-corrected chi connectivity index (χ0v) is 16.4. The predicted octanol–water partition coefficient (Wildman–Crippen LogP) is 3.22.